The smallest absolute Gasteiger partial charge is 0.335 e. The largest absolute Gasteiger partial charge is 0.478 e. The van der Waals surface area contributed by atoms with Gasteiger partial charge in [-0.3, -0.25) is 4.79 Å². The van der Waals surface area contributed by atoms with Gasteiger partial charge in [0, 0.05) is 12.1 Å². The van der Waals surface area contributed by atoms with E-state index in [2.05, 4.69) is 5.32 Å². The molecule has 18 heavy (non-hydrogen) atoms. The zero-order chi connectivity index (χ0) is 13.4. The van der Waals surface area contributed by atoms with Gasteiger partial charge in [-0.05, 0) is 37.6 Å². The lowest BCUT2D eigenvalue weighted by molar-refractivity contribution is -0.116. The van der Waals surface area contributed by atoms with Crippen molar-refractivity contribution in [1.82, 2.24) is 0 Å². The van der Waals surface area contributed by atoms with E-state index in [0.29, 0.717) is 18.7 Å². The molecule has 0 aromatic heterocycles. The molecule has 0 aliphatic carbocycles. The number of anilines is 1. The van der Waals surface area contributed by atoms with Gasteiger partial charge in [-0.2, -0.15) is 0 Å². The van der Waals surface area contributed by atoms with Crippen LogP contribution in [0.3, 0.4) is 0 Å². The minimum absolute atomic E-state index is 0.102. The molecular formula is C13H18N2O3. The third-order valence-corrected chi connectivity index (χ3v) is 2.50. The highest BCUT2D eigenvalue weighted by Crippen LogP contribution is 2.11. The normalized spacial score (nSPS) is 10.1. The number of carbonyl (C=O) groups excluding carboxylic acids is 1. The van der Waals surface area contributed by atoms with Crippen molar-refractivity contribution in [3.8, 4) is 0 Å². The molecule has 0 radical (unpaired) electrons. The van der Waals surface area contributed by atoms with Gasteiger partial charge in [0.05, 0.1) is 5.56 Å². The Bertz CT molecular complexity index is 418. The number of carboxylic acids is 1. The van der Waals surface area contributed by atoms with Crippen LogP contribution >= 0.6 is 0 Å². The molecule has 5 heteroatoms. The summed E-state index contributed by atoms with van der Waals surface area (Å²) in [6, 6.07) is 6.21. The van der Waals surface area contributed by atoms with E-state index in [1.165, 1.54) is 12.1 Å². The van der Waals surface area contributed by atoms with E-state index >= 15 is 0 Å². The molecule has 1 aromatic carbocycles. The van der Waals surface area contributed by atoms with Gasteiger partial charge in [0.25, 0.3) is 0 Å². The summed E-state index contributed by atoms with van der Waals surface area (Å²) in [4.78, 5) is 22.3. The topological polar surface area (TPSA) is 92.4 Å². The lowest BCUT2D eigenvalue weighted by atomic mass is 10.1. The summed E-state index contributed by atoms with van der Waals surface area (Å²) in [5.74, 6) is -1.11. The summed E-state index contributed by atoms with van der Waals surface area (Å²) in [7, 11) is 0. The highest BCUT2D eigenvalue weighted by atomic mass is 16.4. The number of nitrogens with one attached hydrogen (secondary N) is 1. The molecule has 0 saturated carbocycles. The summed E-state index contributed by atoms with van der Waals surface area (Å²) < 4.78 is 0. The van der Waals surface area contributed by atoms with E-state index < -0.39 is 5.97 Å². The van der Waals surface area contributed by atoms with Gasteiger partial charge in [-0.15, -0.1) is 0 Å². The fourth-order valence-electron chi connectivity index (χ4n) is 1.56. The first kappa shape index (κ1) is 14.2. The third kappa shape index (κ3) is 4.97. The van der Waals surface area contributed by atoms with Gasteiger partial charge in [0.2, 0.25) is 5.91 Å². The second kappa shape index (κ2) is 7.45. The highest BCUT2D eigenvalue weighted by Gasteiger charge is 2.05. The molecule has 5 nitrogen and oxygen atoms in total. The van der Waals surface area contributed by atoms with Gasteiger partial charge in [-0.25, -0.2) is 4.79 Å². The molecule has 4 N–H and O–H groups in total. The first-order chi connectivity index (χ1) is 8.63. The maximum absolute atomic E-state index is 11.6. The lowest BCUT2D eigenvalue weighted by Crippen LogP contribution is -2.12. The fourth-order valence-corrected chi connectivity index (χ4v) is 1.56. The Hall–Kier alpha value is -1.88. The Balaban J connectivity index is 2.44. The van der Waals surface area contributed by atoms with Crippen molar-refractivity contribution in [2.75, 3.05) is 11.9 Å². The van der Waals surface area contributed by atoms with Gasteiger partial charge >= 0.3 is 5.97 Å². The maximum Gasteiger partial charge on any atom is 0.335 e. The molecule has 0 fully saturated rings. The van der Waals surface area contributed by atoms with E-state index in [0.717, 1.165) is 19.3 Å². The van der Waals surface area contributed by atoms with Gasteiger partial charge < -0.3 is 16.2 Å². The molecular weight excluding hydrogens is 232 g/mol. The standard InChI is InChI=1S/C13H18N2O3/c14-8-3-1-2-7-12(16)15-11-6-4-5-10(9-11)13(17)18/h4-6,9H,1-3,7-8,14H2,(H,15,16)(H,17,18). The number of benzene rings is 1. The average Bonchev–Trinajstić information content (AvgIpc) is 2.35. The molecule has 0 atom stereocenters. The van der Waals surface area contributed by atoms with Crippen LogP contribution in [0.15, 0.2) is 24.3 Å². The molecule has 0 aliphatic heterocycles. The molecule has 0 unspecified atom stereocenters. The van der Waals surface area contributed by atoms with E-state index in [4.69, 9.17) is 10.8 Å². The number of hydrogen-bond acceptors (Lipinski definition) is 3. The lowest BCUT2D eigenvalue weighted by Gasteiger charge is -2.05. The van der Waals surface area contributed by atoms with Gasteiger partial charge in [-0.1, -0.05) is 12.5 Å². The zero-order valence-electron chi connectivity index (χ0n) is 10.2. The summed E-state index contributed by atoms with van der Waals surface area (Å²) in [6.45, 7) is 0.641. The first-order valence-electron chi connectivity index (χ1n) is 5.97. The number of carboxylic acid groups (broad SMARTS) is 1. The summed E-state index contributed by atoms with van der Waals surface area (Å²) in [6.07, 6.45) is 3.07. The molecule has 0 bridgehead atoms. The van der Waals surface area contributed by atoms with Crippen molar-refractivity contribution in [3.05, 3.63) is 29.8 Å². The molecule has 0 heterocycles. The highest BCUT2D eigenvalue weighted by molar-refractivity contribution is 5.93. The summed E-state index contributed by atoms with van der Waals surface area (Å²) in [5, 5.41) is 11.5. The average molecular weight is 250 g/mol. The molecule has 98 valence electrons. The Kier molecular flexibility index (Phi) is 5.87. The van der Waals surface area contributed by atoms with Crippen LogP contribution in [-0.2, 0) is 4.79 Å². The predicted octanol–water partition coefficient (Wildman–Crippen LogP) is 1.84. The zero-order valence-corrected chi connectivity index (χ0v) is 10.2. The second-order valence-corrected chi connectivity index (χ2v) is 4.03. The first-order valence-corrected chi connectivity index (χ1v) is 5.97. The second-order valence-electron chi connectivity index (χ2n) is 4.03. The Morgan fingerprint density at radius 2 is 2.00 bits per heavy atom. The molecule has 1 aromatic rings. The fraction of sp³-hybridized carbons (Fsp3) is 0.385. The van der Waals surface area contributed by atoms with Crippen molar-refractivity contribution in [1.29, 1.82) is 0 Å². The number of carbonyl (C=O) groups is 2. The van der Waals surface area contributed by atoms with E-state index in [-0.39, 0.29) is 11.5 Å². The van der Waals surface area contributed by atoms with Crippen LogP contribution in [-0.4, -0.2) is 23.5 Å². The number of hydrogen-bond donors (Lipinski definition) is 3. The monoisotopic (exact) mass is 250 g/mol. The van der Waals surface area contributed by atoms with Crippen molar-refractivity contribution < 1.29 is 14.7 Å². The van der Waals surface area contributed by atoms with Crippen LogP contribution < -0.4 is 11.1 Å². The number of amides is 1. The van der Waals surface area contributed by atoms with Crippen molar-refractivity contribution >= 4 is 17.6 Å². The molecule has 0 spiro atoms. The van der Waals surface area contributed by atoms with E-state index in [9.17, 15) is 9.59 Å². The van der Waals surface area contributed by atoms with Crippen LogP contribution in [0.25, 0.3) is 0 Å². The van der Waals surface area contributed by atoms with Crippen molar-refractivity contribution in [2.45, 2.75) is 25.7 Å². The third-order valence-electron chi connectivity index (χ3n) is 2.50. The Morgan fingerprint density at radius 1 is 1.22 bits per heavy atom. The number of aromatic carboxylic acids is 1. The van der Waals surface area contributed by atoms with Crippen LogP contribution in [0, 0.1) is 0 Å². The van der Waals surface area contributed by atoms with E-state index in [1.54, 1.807) is 12.1 Å². The number of unbranched alkanes of at least 4 members (excludes halogenated alkanes) is 2. The van der Waals surface area contributed by atoms with Crippen LogP contribution in [0.5, 0.6) is 0 Å². The molecule has 0 aliphatic rings. The van der Waals surface area contributed by atoms with Gasteiger partial charge in [0.15, 0.2) is 0 Å². The quantitative estimate of drug-likeness (QED) is 0.644. The van der Waals surface area contributed by atoms with Crippen molar-refractivity contribution in [3.63, 3.8) is 0 Å². The van der Waals surface area contributed by atoms with Crippen molar-refractivity contribution in [2.24, 2.45) is 5.73 Å². The molecule has 1 amide bonds. The SMILES string of the molecule is NCCCCCC(=O)Nc1cccc(C(=O)O)c1. The Labute approximate surface area is 106 Å². The number of nitrogens with two attached hydrogens (primary N) is 1. The van der Waals surface area contributed by atoms with Gasteiger partial charge in [0.1, 0.15) is 0 Å². The number of rotatable bonds is 7. The maximum atomic E-state index is 11.6. The molecule has 1 rings (SSSR count). The summed E-state index contributed by atoms with van der Waals surface area (Å²) >= 11 is 0. The minimum Gasteiger partial charge on any atom is -0.478 e. The Morgan fingerprint density at radius 3 is 2.67 bits per heavy atom. The van der Waals surface area contributed by atoms with Crippen LogP contribution in [0.2, 0.25) is 0 Å². The molecule has 0 saturated heterocycles. The van der Waals surface area contributed by atoms with Crippen LogP contribution in [0.1, 0.15) is 36.0 Å². The predicted molar refractivity (Wildman–Crippen MR) is 69.6 cm³/mol. The van der Waals surface area contributed by atoms with Crippen LogP contribution in [0.4, 0.5) is 5.69 Å². The van der Waals surface area contributed by atoms with E-state index in [1.807, 2.05) is 0 Å². The summed E-state index contributed by atoms with van der Waals surface area (Å²) in [5.41, 5.74) is 6.03. The minimum atomic E-state index is -1.01.